The van der Waals surface area contributed by atoms with Crippen molar-refractivity contribution in [3.05, 3.63) is 35.9 Å². The molecule has 1 aliphatic rings. The van der Waals surface area contributed by atoms with Gasteiger partial charge in [0.2, 0.25) is 0 Å². The van der Waals surface area contributed by atoms with Crippen LogP contribution in [-0.2, 0) is 11.2 Å². The van der Waals surface area contributed by atoms with E-state index in [1.807, 2.05) is 30.3 Å². The van der Waals surface area contributed by atoms with Crippen LogP contribution in [0.3, 0.4) is 0 Å². The molecule has 13 heavy (non-hydrogen) atoms. The van der Waals surface area contributed by atoms with Gasteiger partial charge in [-0.3, -0.25) is 4.79 Å². The molecule has 4 heteroatoms. The third-order valence-corrected chi connectivity index (χ3v) is 1.76. The second kappa shape index (κ2) is 3.26. The summed E-state index contributed by atoms with van der Waals surface area (Å²) < 4.78 is 0. The lowest BCUT2D eigenvalue weighted by Gasteiger charge is -1.96. The van der Waals surface area contributed by atoms with Crippen LogP contribution in [0.15, 0.2) is 45.8 Å². The molecule has 2 rings (SSSR count). The fourth-order valence-corrected chi connectivity index (χ4v) is 1.12. The Balaban J connectivity index is 2.12. The molecule has 0 aliphatic carbocycles. The highest BCUT2D eigenvalue weighted by Gasteiger charge is 2.15. The van der Waals surface area contributed by atoms with Gasteiger partial charge in [-0.25, -0.2) is 0 Å². The average molecular weight is 173 g/mol. The molecule has 0 spiro atoms. The number of amides is 1. The van der Waals surface area contributed by atoms with E-state index in [0.717, 1.165) is 5.56 Å². The Bertz CT molecular complexity index is 381. The minimum absolute atomic E-state index is 0.330. The molecule has 1 aromatic rings. The Morgan fingerprint density at radius 2 is 1.92 bits per heavy atom. The fraction of sp³-hybridized carbons (Fsp3) is 0.111. The van der Waals surface area contributed by atoms with Gasteiger partial charge < -0.3 is 0 Å². The molecule has 0 atom stereocenters. The molecule has 1 heterocycles. The monoisotopic (exact) mass is 173 g/mol. The normalized spacial score (nSPS) is 14.8. The van der Waals surface area contributed by atoms with Crippen molar-refractivity contribution in [2.45, 2.75) is 6.42 Å². The number of carbonyl (C=O) groups excluding carboxylic acids is 1. The zero-order valence-corrected chi connectivity index (χ0v) is 6.84. The molecule has 0 radical (unpaired) electrons. The first-order valence-corrected chi connectivity index (χ1v) is 3.92. The van der Waals surface area contributed by atoms with Crippen molar-refractivity contribution < 1.29 is 4.79 Å². The van der Waals surface area contributed by atoms with Gasteiger partial charge in [0, 0.05) is 6.42 Å². The summed E-state index contributed by atoms with van der Waals surface area (Å²) in [6, 6.07) is 9.64. The number of hydrogen-bond acceptors (Lipinski definition) is 3. The van der Waals surface area contributed by atoms with Crippen LogP contribution in [0.25, 0.3) is 0 Å². The zero-order chi connectivity index (χ0) is 9.10. The van der Waals surface area contributed by atoms with E-state index in [1.54, 1.807) is 0 Å². The van der Waals surface area contributed by atoms with Crippen molar-refractivity contribution in [1.82, 2.24) is 0 Å². The van der Waals surface area contributed by atoms with Gasteiger partial charge in [-0.1, -0.05) is 35.4 Å². The highest BCUT2D eigenvalue weighted by atomic mass is 16.2. The van der Waals surface area contributed by atoms with Crippen LogP contribution < -0.4 is 0 Å². The standard InChI is InChI=1S/C9H7N3O/c13-9-8(10-12-11-9)6-7-4-2-1-3-5-7/h1-5H,6H2. The molecule has 0 saturated heterocycles. The third-order valence-electron chi connectivity index (χ3n) is 1.76. The Hall–Kier alpha value is -1.84. The first kappa shape index (κ1) is 7.79. The third kappa shape index (κ3) is 1.66. The number of benzene rings is 1. The minimum Gasteiger partial charge on any atom is -0.264 e. The Morgan fingerprint density at radius 3 is 2.54 bits per heavy atom. The summed E-state index contributed by atoms with van der Waals surface area (Å²) >= 11 is 0. The molecule has 1 aliphatic heterocycles. The van der Waals surface area contributed by atoms with E-state index < -0.39 is 0 Å². The smallest absolute Gasteiger partial charge is 0.264 e. The Morgan fingerprint density at radius 1 is 1.15 bits per heavy atom. The van der Waals surface area contributed by atoms with Gasteiger partial charge in [0.15, 0.2) is 0 Å². The topological polar surface area (TPSA) is 54.1 Å². The van der Waals surface area contributed by atoms with Gasteiger partial charge in [-0.05, 0) is 10.8 Å². The van der Waals surface area contributed by atoms with Crippen LogP contribution in [0.4, 0.5) is 0 Å². The molecule has 1 aromatic carbocycles. The van der Waals surface area contributed by atoms with E-state index in [0.29, 0.717) is 12.1 Å². The van der Waals surface area contributed by atoms with Crippen LogP contribution in [0.1, 0.15) is 5.56 Å². The number of rotatable bonds is 2. The molecular formula is C9H7N3O. The van der Waals surface area contributed by atoms with E-state index >= 15 is 0 Å². The predicted octanol–water partition coefficient (Wildman–Crippen LogP) is 1.58. The maximum absolute atomic E-state index is 11.0. The minimum atomic E-state index is -0.330. The Labute approximate surface area is 75.0 Å². The van der Waals surface area contributed by atoms with Crippen molar-refractivity contribution in [2.75, 3.05) is 0 Å². The molecule has 0 fully saturated rings. The maximum Gasteiger partial charge on any atom is 0.313 e. The highest BCUT2D eigenvalue weighted by Crippen LogP contribution is 2.05. The molecule has 64 valence electrons. The molecule has 0 N–H and O–H groups in total. The van der Waals surface area contributed by atoms with E-state index in [2.05, 4.69) is 15.4 Å². The summed E-state index contributed by atoms with van der Waals surface area (Å²) in [4.78, 5) is 11.0. The summed E-state index contributed by atoms with van der Waals surface area (Å²) in [5.41, 5.74) is 1.45. The largest absolute Gasteiger partial charge is 0.313 e. The van der Waals surface area contributed by atoms with Gasteiger partial charge >= 0.3 is 5.91 Å². The van der Waals surface area contributed by atoms with Gasteiger partial charge in [-0.15, -0.1) is 5.10 Å². The lowest BCUT2D eigenvalue weighted by molar-refractivity contribution is -0.112. The summed E-state index contributed by atoms with van der Waals surface area (Å²) in [5.74, 6) is -0.330. The molecule has 4 nitrogen and oxygen atoms in total. The number of nitrogens with zero attached hydrogens (tertiary/aromatic N) is 3. The number of hydrogen-bond donors (Lipinski definition) is 0. The van der Waals surface area contributed by atoms with E-state index in [-0.39, 0.29) is 5.91 Å². The summed E-state index contributed by atoms with van der Waals surface area (Å²) in [6.45, 7) is 0. The van der Waals surface area contributed by atoms with Crippen LogP contribution in [-0.4, -0.2) is 11.6 Å². The van der Waals surface area contributed by atoms with Crippen molar-refractivity contribution in [2.24, 2.45) is 15.4 Å². The van der Waals surface area contributed by atoms with Crippen molar-refractivity contribution in [3.63, 3.8) is 0 Å². The average Bonchev–Trinajstić information content (AvgIpc) is 2.54. The van der Waals surface area contributed by atoms with Crippen LogP contribution in [0, 0.1) is 0 Å². The van der Waals surface area contributed by atoms with Gasteiger partial charge in [-0.2, -0.15) is 0 Å². The van der Waals surface area contributed by atoms with E-state index in [9.17, 15) is 4.79 Å². The van der Waals surface area contributed by atoms with Crippen molar-refractivity contribution in [3.8, 4) is 0 Å². The van der Waals surface area contributed by atoms with Gasteiger partial charge in [0.1, 0.15) is 5.71 Å². The molecule has 0 bridgehead atoms. The second-order valence-electron chi connectivity index (χ2n) is 2.70. The molecule has 1 amide bonds. The van der Waals surface area contributed by atoms with E-state index in [1.165, 1.54) is 0 Å². The quantitative estimate of drug-likeness (QED) is 0.669. The first-order valence-electron chi connectivity index (χ1n) is 3.92. The lowest BCUT2D eigenvalue weighted by atomic mass is 10.1. The van der Waals surface area contributed by atoms with Crippen LogP contribution >= 0.6 is 0 Å². The SMILES string of the molecule is O=C1N=NN=C1Cc1ccccc1. The predicted molar refractivity (Wildman–Crippen MR) is 47.4 cm³/mol. The van der Waals surface area contributed by atoms with Crippen LogP contribution in [0.5, 0.6) is 0 Å². The highest BCUT2D eigenvalue weighted by molar-refractivity contribution is 6.40. The summed E-state index contributed by atoms with van der Waals surface area (Å²) in [5, 5.41) is 10.2. The van der Waals surface area contributed by atoms with E-state index in [4.69, 9.17) is 0 Å². The van der Waals surface area contributed by atoms with Crippen molar-refractivity contribution in [1.29, 1.82) is 0 Å². The molecule has 0 unspecified atom stereocenters. The molecule has 0 aromatic heterocycles. The fourth-order valence-electron chi connectivity index (χ4n) is 1.12. The second-order valence-corrected chi connectivity index (χ2v) is 2.70. The first-order chi connectivity index (χ1) is 6.36. The van der Waals surface area contributed by atoms with Crippen molar-refractivity contribution >= 4 is 11.6 Å². The lowest BCUT2D eigenvalue weighted by Crippen LogP contribution is -2.10. The zero-order valence-electron chi connectivity index (χ0n) is 6.84. The number of carbonyl (C=O) groups is 1. The summed E-state index contributed by atoms with van der Waals surface area (Å²) in [6.07, 6.45) is 0.507. The summed E-state index contributed by atoms with van der Waals surface area (Å²) in [7, 11) is 0. The Kier molecular flexibility index (Phi) is 1.96. The molecule has 0 saturated carbocycles. The van der Waals surface area contributed by atoms with Gasteiger partial charge in [0.05, 0.1) is 0 Å². The van der Waals surface area contributed by atoms with Gasteiger partial charge in [0.25, 0.3) is 0 Å². The van der Waals surface area contributed by atoms with Crippen LogP contribution in [0.2, 0.25) is 0 Å². The molecular weight excluding hydrogens is 166 g/mol. The maximum atomic E-state index is 11.0.